The van der Waals surface area contributed by atoms with Crippen molar-refractivity contribution in [2.45, 2.75) is 55.3 Å². The molecule has 0 heterocycles. The quantitative estimate of drug-likeness (QED) is 0.370. The Morgan fingerprint density at radius 2 is 1.77 bits per heavy atom. The zero-order chi connectivity index (χ0) is 10.1. The summed E-state index contributed by atoms with van der Waals surface area (Å²) in [6.07, 6.45) is 7.99. The predicted molar refractivity (Wildman–Crippen MR) is 66.7 cm³/mol. The van der Waals surface area contributed by atoms with Gasteiger partial charge in [-0.1, -0.05) is 61.6 Å². The number of ketones is 1. The minimum Gasteiger partial charge on any atom is -0.297 e. The minimum absolute atomic E-state index is 0.178. The summed E-state index contributed by atoms with van der Waals surface area (Å²) < 4.78 is -0.326. The van der Waals surface area contributed by atoms with Crippen LogP contribution < -0.4 is 0 Å². The normalized spacial score (nSPS) is 12.8. The second-order valence-electron chi connectivity index (χ2n) is 3.28. The van der Waals surface area contributed by atoms with Crippen molar-refractivity contribution in [1.29, 1.82) is 0 Å². The van der Waals surface area contributed by atoms with E-state index in [0.29, 0.717) is 6.42 Å². The van der Waals surface area contributed by atoms with Crippen LogP contribution in [0.25, 0.3) is 0 Å². The number of carbonyl (C=O) groups excluding carboxylic acids is 1. The van der Waals surface area contributed by atoms with Crippen molar-refractivity contribution in [2.24, 2.45) is 0 Å². The van der Waals surface area contributed by atoms with Crippen LogP contribution in [0.4, 0.5) is 0 Å². The van der Waals surface area contributed by atoms with E-state index in [1.807, 2.05) is 22.6 Å². The van der Waals surface area contributed by atoms with Gasteiger partial charge in [-0.05, 0) is 6.42 Å². The molecule has 0 aromatic heterocycles. The van der Waals surface area contributed by atoms with Crippen molar-refractivity contribution in [2.75, 3.05) is 0 Å². The van der Waals surface area contributed by atoms with Crippen molar-refractivity contribution >= 4 is 40.0 Å². The average molecular weight is 317 g/mol. The Morgan fingerprint density at radius 3 is 2.31 bits per heavy atom. The highest BCUT2D eigenvalue weighted by atomic mass is 127. The van der Waals surface area contributed by atoms with E-state index in [1.165, 1.54) is 32.1 Å². The Balaban J connectivity index is 3.12. The molecular weight excluding hydrogens is 298 g/mol. The van der Waals surface area contributed by atoms with E-state index in [1.54, 1.807) is 0 Å². The number of unbranched alkanes of at least 4 members (excludes halogenated alkanes) is 5. The third kappa shape index (κ3) is 9.01. The van der Waals surface area contributed by atoms with Gasteiger partial charge in [0.2, 0.25) is 0 Å². The molecule has 1 unspecified atom stereocenters. The number of alkyl halides is 2. The lowest BCUT2D eigenvalue weighted by Gasteiger charge is -2.01. The fourth-order valence-corrected chi connectivity index (χ4v) is 1.61. The number of rotatable bonds is 8. The Bertz CT molecular complexity index is 137. The molecule has 1 nitrogen and oxygen atoms in total. The Labute approximate surface area is 99.8 Å². The molecule has 0 N–H and O–H groups in total. The number of Topliss-reactive ketones (excluding diaryl/α,β-unsaturated/α-hetero) is 1. The molecule has 0 rings (SSSR count). The van der Waals surface area contributed by atoms with Gasteiger partial charge in [-0.2, -0.15) is 0 Å². The van der Waals surface area contributed by atoms with Gasteiger partial charge in [0.05, 0.1) is 0 Å². The molecule has 0 radical (unpaired) electrons. The first-order chi connectivity index (χ1) is 6.18. The Kier molecular flexibility index (Phi) is 9.74. The summed E-state index contributed by atoms with van der Waals surface area (Å²) in [4.78, 5) is 11.1. The first kappa shape index (κ1) is 13.7. The van der Waals surface area contributed by atoms with Gasteiger partial charge in [-0.15, -0.1) is 11.6 Å². The van der Waals surface area contributed by atoms with Crippen LogP contribution >= 0.6 is 34.2 Å². The van der Waals surface area contributed by atoms with Crippen molar-refractivity contribution in [3.63, 3.8) is 0 Å². The van der Waals surface area contributed by atoms with Gasteiger partial charge in [-0.25, -0.2) is 0 Å². The minimum atomic E-state index is -0.326. The van der Waals surface area contributed by atoms with Crippen LogP contribution in [0.5, 0.6) is 0 Å². The average Bonchev–Trinajstić information content (AvgIpc) is 2.10. The highest BCUT2D eigenvalue weighted by Crippen LogP contribution is 2.13. The maximum atomic E-state index is 11.1. The summed E-state index contributed by atoms with van der Waals surface area (Å²) in [6, 6.07) is 0. The summed E-state index contributed by atoms with van der Waals surface area (Å²) in [6.45, 7) is 2.21. The highest BCUT2D eigenvalue weighted by molar-refractivity contribution is 14.1. The lowest BCUT2D eigenvalue weighted by atomic mass is 10.1. The van der Waals surface area contributed by atoms with Crippen LogP contribution in [0.1, 0.15) is 51.9 Å². The number of halogens is 2. The number of hydrogen-bond acceptors (Lipinski definition) is 1. The number of hydrogen-bond donors (Lipinski definition) is 0. The first-order valence-electron chi connectivity index (χ1n) is 4.99. The molecule has 0 aromatic carbocycles. The summed E-state index contributed by atoms with van der Waals surface area (Å²) in [5.74, 6) is 0.178. The molecule has 3 heteroatoms. The van der Waals surface area contributed by atoms with Crippen LogP contribution in [-0.2, 0) is 4.79 Å². The lowest BCUT2D eigenvalue weighted by molar-refractivity contribution is -0.117. The molecule has 0 aliphatic heterocycles. The second kappa shape index (κ2) is 9.25. The van der Waals surface area contributed by atoms with Crippen LogP contribution in [0.15, 0.2) is 0 Å². The molecule has 0 aromatic rings. The van der Waals surface area contributed by atoms with E-state index in [9.17, 15) is 4.79 Å². The fraction of sp³-hybridized carbons (Fsp3) is 0.900. The summed E-state index contributed by atoms with van der Waals surface area (Å²) >= 11 is 7.59. The van der Waals surface area contributed by atoms with Crippen molar-refractivity contribution in [3.8, 4) is 0 Å². The Hall–Kier alpha value is 0.690. The summed E-state index contributed by atoms with van der Waals surface area (Å²) in [5, 5.41) is 0. The van der Waals surface area contributed by atoms with Crippen LogP contribution in [0.2, 0.25) is 0 Å². The molecule has 0 aliphatic carbocycles. The van der Waals surface area contributed by atoms with Gasteiger partial charge < -0.3 is 0 Å². The molecule has 0 aliphatic rings. The largest absolute Gasteiger partial charge is 0.297 e. The molecule has 0 fully saturated rings. The maximum Gasteiger partial charge on any atom is 0.160 e. The Morgan fingerprint density at radius 1 is 1.23 bits per heavy atom. The van der Waals surface area contributed by atoms with E-state index in [-0.39, 0.29) is 9.17 Å². The van der Waals surface area contributed by atoms with E-state index in [2.05, 4.69) is 6.92 Å². The standard InChI is InChI=1S/C10H18ClIO/c1-2-3-4-5-6-7-8-9(13)10(11)12/h10H,2-8H2,1H3. The van der Waals surface area contributed by atoms with E-state index in [4.69, 9.17) is 11.6 Å². The monoisotopic (exact) mass is 316 g/mol. The van der Waals surface area contributed by atoms with Crippen LogP contribution in [-0.4, -0.2) is 9.17 Å². The third-order valence-corrected chi connectivity index (χ3v) is 2.96. The highest BCUT2D eigenvalue weighted by Gasteiger charge is 2.09. The van der Waals surface area contributed by atoms with Gasteiger partial charge in [0.15, 0.2) is 5.78 Å². The molecule has 0 saturated carbocycles. The van der Waals surface area contributed by atoms with Crippen molar-refractivity contribution in [3.05, 3.63) is 0 Å². The van der Waals surface area contributed by atoms with Gasteiger partial charge >= 0.3 is 0 Å². The first-order valence-corrected chi connectivity index (χ1v) is 6.67. The molecule has 0 bridgehead atoms. The molecule has 0 amide bonds. The maximum absolute atomic E-state index is 11.1. The summed E-state index contributed by atoms with van der Waals surface area (Å²) in [7, 11) is 0. The molecule has 0 spiro atoms. The summed E-state index contributed by atoms with van der Waals surface area (Å²) in [5.41, 5.74) is 0. The fourth-order valence-electron chi connectivity index (χ4n) is 1.19. The van der Waals surface area contributed by atoms with Crippen molar-refractivity contribution in [1.82, 2.24) is 0 Å². The topological polar surface area (TPSA) is 17.1 Å². The van der Waals surface area contributed by atoms with Crippen LogP contribution in [0.3, 0.4) is 0 Å². The van der Waals surface area contributed by atoms with Crippen molar-refractivity contribution < 1.29 is 4.79 Å². The molecule has 0 saturated heterocycles. The smallest absolute Gasteiger partial charge is 0.160 e. The lowest BCUT2D eigenvalue weighted by Crippen LogP contribution is -2.05. The molecular formula is C10H18ClIO. The van der Waals surface area contributed by atoms with Gasteiger partial charge in [-0.3, -0.25) is 4.79 Å². The van der Waals surface area contributed by atoms with E-state index >= 15 is 0 Å². The number of carbonyl (C=O) groups is 1. The van der Waals surface area contributed by atoms with Gasteiger partial charge in [0.25, 0.3) is 0 Å². The van der Waals surface area contributed by atoms with E-state index in [0.717, 1.165) is 6.42 Å². The van der Waals surface area contributed by atoms with Gasteiger partial charge in [0.1, 0.15) is 3.38 Å². The molecule has 13 heavy (non-hydrogen) atoms. The molecule has 78 valence electrons. The SMILES string of the molecule is CCCCCCCCC(=O)C(Cl)I. The third-order valence-electron chi connectivity index (χ3n) is 2.02. The second-order valence-corrected chi connectivity index (χ2v) is 5.70. The van der Waals surface area contributed by atoms with Crippen LogP contribution in [0, 0.1) is 0 Å². The predicted octanol–water partition coefficient (Wildman–Crippen LogP) is 4.31. The zero-order valence-electron chi connectivity index (χ0n) is 8.19. The van der Waals surface area contributed by atoms with Gasteiger partial charge in [0, 0.05) is 6.42 Å². The van der Waals surface area contributed by atoms with E-state index < -0.39 is 0 Å². The molecule has 1 atom stereocenters. The zero-order valence-corrected chi connectivity index (χ0v) is 11.1.